The van der Waals surface area contributed by atoms with E-state index in [0.717, 1.165) is 18.1 Å². The van der Waals surface area contributed by atoms with E-state index in [1.54, 1.807) is 0 Å². The highest BCUT2D eigenvalue weighted by Gasteiger charge is 2.01. The molecule has 1 N–H and O–H groups in total. The average molecular weight is 289 g/mol. The lowest BCUT2D eigenvalue weighted by Crippen LogP contribution is -2.09. The Hall–Kier alpha value is -1.75. The summed E-state index contributed by atoms with van der Waals surface area (Å²) in [6.45, 7) is 4.80. The van der Waals surface area contributed by atoms with E-state index < -0.39 is 0 Å². The molecule has 0 aliphatic carbocycles. The topological polar surface area (TPSA) is 47.0 Å². The fourth-order valence-electron chi connectivity index (χ4n) is 1.61. The predicted octanol–water partition coefficient (Wildman–Crippen LogP) is 3.47. The Labute approximate surface area is 124 Å². The van der Waals surface area contributed by atoms with Crippen LogP contribution in [-0.2, 0) is 0 Å². The SMILES string of the molecule is CC(C)Oc1cc(NCCSc2ccccc2)ncn1. The van der Waals surface area contributed by atoms with Crippen LogP contribution in [0.1, 0.15) is 13.8 Å². The molecule has 0 saturated carbocycles. The van der Waals surface area contributed by atoms with Crippen LogP contribution >= 0.6 is 11.8 Å². The lowest BCUT2D eigenvalue weighted by molar-refractivity contribution is 0.232. The molecule has 0 atom stereocenters. The minimum atomic E-state index is 0.117. The van der Waals surface area contributed by atoms with E-state index in [0.29, 0.717) is 5.88 Å². The minimum absolute atomic E-state index is 0.117. The molecule has 4 nitrogen and oxygen atoms in total. The first-order chi connectivity index (χ1) is 9.74. The monoisotopic (exact) mass is 289 g/mol. The summed E-state index contributed by atoms with van der Waals surface area (Å²) in [5.41, 5.74) is 0. The normalized spacial score (nSPS) is 10.6. The summed E-state index contributed by atoms with van der Waals surface area (Å²) in [7, 11) is 0. The third kappa shape index (κ3) is 5.09. The summed E-state index contributed by atoms with van der Waals surface area (Å²) < 4.78 is 5.53. The zero-order valence-electron chi connectivity index (χ0n) is 11.7. The van der Waals surface area contributed by atoms with Gasteiger partial charge in [-0.15, -0.1) is 11.8 Å². The first-order valence-electron chi connectivity index (χ1n) is 6.64. The van der Waals surface area contributed by atoms with Crippen molar-refractivity contribution in [1.82, 2.24) is 9.97 Å². The van der Waals surface area contributed by atoms with Gasteiger partial charge in [0, 0.05) is 23.3 Å². The summed E-state index contributed by atoms with van der Waals surface area (Å²) in [4.78, 5) is 9.54. The molecule has 0 saturated heterocycles. The largest absolute Gasteiger partial charge is 0.475 e. The first-order valence-corrected chi connectivity index (χ1v) is 7.63. The van der Waals surface area contributed by atoms with Crippen LogP contribution < -0.4 is 10.1 Å². The van der Waals surface area contributed by atoms with Gasteiger partial charge in [0.2, 0.25) is 5.88 Å². The third-order valence-electron chi connectivity index (χ3n) is 2.42. The molecule has 1 aromatic carbocycles. The van der Waals surface area contributed by atoms with Crippen molar-refractivity contribution in [2.45, 2.75) is 24.8 Å². The van der Waals surface area contributed by atoms with Crippen LogP contribution in [0.4, 0.5) is 5.82 Å². The van der Waals surface area contributed by atoms with Gasteiger partial charge in [-0.2, -0.15) is 0 Å². The molecule has 20 heavy (non-hydrogen) atoms. The molecule has 2 aromatic rings. The van der Waals surface area contributed by atoms with Gasteiger partial charge in [-0.3, -0.25) is 0 Å². The van der Waals surface area contributed by atoms with Crippen molar-refractivity contribution in [1.29, 1.82) is 0 Å². The molecule has 2 rings (SSSR count). The van der Waals surface area contributed by atoms with E-state index in [9.17, 15) is 0 Å². The summed E-state index contributed by atoms with van der Waals surface area (Å²) in [5.74, 6) is 2.38. The Kier molecular flexibility index (Phi) is 5.68. The van der Waals surface area contributed by atoms with Crippen molar-refractivity contribution in [3.63, 3.8) is 0 Å². The molecule has 106 valence electrons. The zero-order valence-corrected chi connectivity index (χ0v) is 12.6. The van der Waals surface area contributed by atoms with Crippen LogP contribution in [0.3, 0.4) is 0 Å². The molecule has 0 unspecified atom stereocenters. The number of thioether (sulfide) groups is 1. The zero-order chi connectivity index (χ0) is 14.2. The van der Waals surface area contributed by atoms with Crippen LogP contribution in [-0.4, -0.2) is 28.4 Å². The Morgan fingerprint density at radius 3 is 2.75 bits per heavy atom. The summed E-state index contributed by atoms with van der Waals surface area (Å²) in [6.07, 6.45) is 1.64. The second kappa shape index (κ2) is 7.75. The van der Waals surface area contributed by atoms with Crippen LogP contribution in [0.2, 0.25) is 0 Å². The Bertz CT molecular complexity index is 520. The second-order valence-electron chi connectivity index (χ2n) is 4.50. The number of nitrogens with one attached hydrogen (secondary N) is 1. The smallest absolute Gasteiger partial charge is 0.218 e. The number of ether oxygens (including phenoxy) is 1. The Morgan fingerprint density at radius 2 is 2.00 bits per heavy atom. The maximum atomic E-state index is 5.53. The average Bonchev–Trinajstić information content (AvgIpc) is 2.44. The van der Waals surface area contributed by atoms with E-state index in [1.165, 1.54) is 11.2 Å². The molecule has 0 aliphatic heterocycles. The van der Waals surface area contributed by atoms with E-state index in [2.05, 4.69) is 39.6 Å². The minimum Gasteiger partial charge on any atom is -0.475 e. The van der Waals surface area contributed by atoms with Crippen molar-refractivity contribution in [3.05, 3.63) is 42.7 Å². The number of hydrogen-bond acceptors (Lipinski definition) is 5. The Morgan fingerprint density at radius 1 is 1.20 bits per heavy atom. The van der Waals surface area contributed by atoms with Gasteiger partial charge >= 0.3 is 0 Å². The third-order valence-corrected chi connectivity index (χ3v) is 3.43. The van der Waals surface area contributed by atoms with Crippen molar-refractivity contribution < 1.29 is 4.74 Å². The molecule has 0 radical (unpaired) electrons. The van der Waals surface area contributed by atoms with Gasteiger partial charge in [-0.25, -0.2) is 9.97 Å². The maximum Gasteiger partial charge on any atom is 0.218 e. The van der Waals surface area contributed by atoms with Gasteiger partial charge in [0.15, 0.2) is 0 Å². The predicted molar refractivity (Wildman–Crippen MR) is 83.5 cm³/mol. The molecule has 1 heterocycles. The number of rotatable bonds is 7. The standard InChI is InChI=1S/C15H19N3OS/c1-12(2)19-15-10-14(17-11-18-15)16-8-9-20-13-6-4-3-5-7-13/h3-7,10-12H,8-9H2,1-2H3,(H,16,17,18). The van der Waals surface area contributed by atoms with E-state index >= 15 is 0 Å². The van der Waals surface area contributed by atoms with Gasteiger partial charge < -0.3 is 10.1 Å². The highest BCUT2D eigenvalue weighted by atomic mass is 32.2. The molecule has 0 bridgehead atoms. The lowest BCUT2D eigenvalue weighted by atomic mass is 10.4. The number of anilines is 1. The van der Waals surface area contributed by atoms with Gasteiger partial charge in [0.25, 0.3) is 0 Å². The first kappa shape index (κ1) is 14.7. The van der Waals surface area contributed by atoms with Crippen molar-refractivity contribution in [2.75, 3.05) is 17.6 Å². The molecule has 5 heteroatoms. The van der Waals surface area contributed by atoms with Gasteiger partial charge in [-0.1, -0.05) is 18.2 Å². The number of aromatic nitrogens is 2. The van der Waals surface area contributed by atoms with Crippen molar-refractivity contribution >= 4 is 17.6 Å². The molecule has 0 aliphatic rings. The van der Waals surface area contributed by atoms with Crippen LogP contribution in [0.25, 0.3) is 0 Å². The quantitative estimate of drug-likeness (QED) is 0.624. The van der Waals surface area contributed by atoms with E-state index in [1.807, 2.05) is 37.7 Å². The summed E-state index contributed by atoms with van der Waals surface area (Å²) in [5, 5.41) is 3.28. The molecule has 0 fully saturated rings. The number of hydrogen-bond donors (Lipinski definition) is 1. The highest BCUT2D eigenvalue weighted by molar-refractivity contribution is 7.99. The maximum absolute atomic E-state index is 5.53. The highest BCUT2D eigenvalue weighted by Crippen LogP contribution is 2.17. The summed E-state index contributed by atoms with van der Waals surface area (Å²) in [6, 6.07) is 12.2. The molecule has 0 amide bonds. The fourth-order valence-corrected chi connectivity index (χ4v) is 2.40. The second-order valence-corrected chi connectivity index (χ2v) is 5.66. The van der Waals surface area contributed by atoms with Crippen molar-refractivity contribution in [3.8, 4) is 5.88 Å². The lowest BCUT2D eigenvalue weighted by Gasteiger charge is -2.10. The fraction of sp³-hybridized carbons (Fsp3) is 0.333. The van der Waals surface area contributed by atoms with Gasteiger partial charge in [0.1, 0.15) is 12.1 Å². The Balaban J connectivity index is 1.76. The van der Waals surface area contributed by atoms with Crippen LogP contribution in [0, 0.1) is 0 Å². The van der Waals surface area contributed by atoms with E-state index in [-0.39, 0.29) is 6.10 Å². The van der Waals surface area contributed by atoms with Crippen molar-refractivity contribution in [2.24, 2.45) is 0 Å². The molecular formula is C15H19N3OS. The molecule has 0 spiro atoms. The number of benzene rings is 1. The number of nitrogens with zero attached hydrogens (tertiary/aromatic N) is 2. The van der Waals surface area contributed by atoms with E-state index in [4.69, 9.17) is 4.74 Å². The molecule has 1 aromatic heterocycles. The van der Waals surface area contributed by atoms with Gasteiger partial charge in [-0.05, 0) is 26.0 Å². The van der Waals surface area contributed by atoms with Crippen LogP contribution in [0.5, 0.6) is 5.88 Å². The van der Waals surface area contributed by atoms with Gasteiger partial charge in [0.05, 0.1) is 6.10 Å². The summed E-state index contributed by atoms with van der Waals surface area (Å²) >= 11 is 1.82. The van der Waals surface area contributed by atoms with Crippen LogP contribution in [0.15, 0.2) is 47.6 Å². The molecular weight excluding hydrogens is 270 g/mol.